The molecule has 0 saturated heterocycles. The van der Waals surface area contributed by atoms with Crippen LogP contribution in [0.2, 0.25) is 0 Å². The Morgan fingerprint density at radius 1 is 2.00 bits per heavy atom. The Hall–Kier alpha value is -0.640. The van der Waals surface area contributed by atoms with Gasteiger partial charge in [0.05, 0.1) is 11.8 Å². The Bertz CT molecular complexity index is 59.8. The summed E-state index contributed by atoms with van der Waals surface area (Å²) in [6.45, 7) is 2.69. The van der Waals surface area contributed by atoms with E-state index in [1.54, 1.807) is 0 Å². The van der Waals surface area contributed by atoms with Crippen LogP contribution in [0.15, 0.2) is 0 Å². The van der Waals surface area contributed by atoms with Crippen molar-refractivity contribution in [1.29, 1.82) is 0 Å². The number of nitrogens with zero attached hydrogens (tertiary/aromatic N) is 1. The summed E-state index contributed by atoms with van der Waals surface area (Å²) in [5.41, 5.74) is 0. The van der Waals surface area contributed by atoms with E-state index in [1.165, 1.54) is 0 Å². The van der Waals surface area contributed by atoms with Crippen molar-refractivity contribution in [3.05, 3.63) is 17.0 Å². The summed E-state index contributed by atoms with van der Waals surface area (Å²) in [5, 5.41) is 17.0. The molecule has 0 aromatic heterocycles. The monoisotopic (exact) mass is 90.0 g/mol. The van der Waals surface area contributed by atoms with Crippen LogP contribution in [0, 0.1) is 17.0 Å². The maximum absolute atomic E-state index is 9.19. The van der Waals surface area contributed by atoms with Crippen LogP contribution in [0.3, 0.4) is 0 Å². The Labute approximate surface area is 34.6 Å². The molecule has 1 radical (unpaired) electrons. The minimum atomic E-state index is -1.68. The zero-order valence-corrected chi connectivity index (χ0v) is 3.00. The third kappa shape index (κ3) is 1.66. The van der Waals surface area contributed by atoms with Gasteiger partial charge in [0.25, 0.3) is 0 Å². The molecule has 35 valence electrons. The Balaban J connectivity index is 3.26. The fourth-order valence-electron chi connectivity index (χ4n) is 0. The lowest BCUT2D eigenvalue weighted by atomic mass is 10.7. The number of hydrogen-bond acceptors (Lipinski definition) is 3. The molecule has 0 spiro atoms. The second-order valence-corrected chi connectivity index (χ2v) is 0.766. The number of rotatable bonds is 1. The fraction of sp³-hybridized carbons (Fsp3) is 0.500. The van der Waals surface area contributed by atoms with Crippen LogP contribution in [-0.2, 0) is 0 Å². The van der Waals surface area contributed by atoms with Crippen LogP contribution in [-0.4, -0.2) is 16.3 Å². The fourth-order valence-corrected chi connectivity index (χ4v) is 0. The van der Waals surface area contributed by atoms with Gasteiger partial charge in [0, 0.05) is 0 Å². The third-order valence-corrected chi connectivity index (χ3v) is 0.243. The van der Waals surface area contributed by atoms with Crippen LogP contribution in [0.25, 0.3) is 0 Å². The predicted molar refractivity (Wildman–Crippen MR) is 18.4 cm³/mol. The maximum atomic E-state index is 9.19. The highest BCUT2D eigenvalue weighted by atomic mass is 16.7. The van der Waals surface area contributed by atoms with E-state index < -0.39 is 11.2 Å². The van der Waals surface area contributed by atoms with E-state index in [9.17, 15) is 10.1 Å². The van der Waals surface area contributed by atoms with Crippen LogP contribution >= 0.6 is 0 Å². The molecule has 0 aromatic carbocycles. The highest BCUT2D eigenvalue weighted by Crippen LogP contribution is 1.74. The minimum absolute atomic E-state index is 0.889. The van der Waals surface area contributed by atoms with Crippen LogP contribution in [0.1, 0.15) is 0 Å². The molecule has 0 saturated carbocycles. The van der Waals surface area contributed by atoms with Crippen molar-refractivity contribution in [2.45, 2.75) is 6.23 Å². The van der Waals surface area contributed by atoms with Gasteiger partial charge in [-0.3, -0.25) is 10.1 Å². The van der Waals surface area contributed by atoms with E-state index in [0.29, 0.717) is 0 Å². The predicted octanol–water partition coefficient (Wildman–Crippen LogP) is -0.584. The molecule has 6 heavy (non-hydrogen) atoms. The van der Waals surface area contributed by atoms with E-state index in [-0.39, 0.29) is 0 Å². The Morgan fingerprint density at radius 2 is 2.17 bits per heavy atom. The first-order chi connectivity index (χ1) is 2.64. The topological polar surface area (TPSA) is 63.4 Å². The molecule has 0 amide bonds. The molecule has 1 unspecified atom stereocenters. The second-order valence-electron chi connectivity index (χ2n) is 0.766. The van der Waals surface area contributed by atoms with Gasteiger partial charge in [-0.1, -0.05) is 0 Å². The zero-order valence-electron chi connectivity index (χ0n) is 3.00. The zero-order chi connectivity index (χ0) is 5.15. The lowest BCUT2D eigenvalue weighted by molar-refractivity contribution is -0.556. The first kappa shape index (κ1) is 5.36. The molecule has 4 nitrogen and oxygen atoms in total. The van der Waals surface area contributed by atoms with Gasteiger partial charge in [-0.05, 0) is 0 Å². The Kier molecular flexibility index (Phi) is 1.53. The normalized spacial score (nSPS) is 13.7. The lowest BCUT2D eigenvalue weighted by Crippen LogP contribution is -2.12. The van der Waals surface area contributed by atoms with Gasteiger partial charge in [-0.2, -0.15) is 0 Å². The van der Waals surface area contributed by atoms with Crippen molar-refractivity contribution in [1.82, 2.24) is 0 Å². The lowest BCUT2D eigenvalue weighted by Gasteiger charge is -1.87. The average molecular weight is 90.1 g/mol. The Morgan fingerprint density at radius 3 is 2.17 bits per heavy atom. The van der Waals surface area contributed by atoms with Gasteiger partial charge < -0.3 is 5.11 Å². The number of nitro groups is 1. The number of hydrogen-bond donors (Lipinski definition) is 1. The molecular weight excluding hydrogens is 86.0 g/mol. The van der Waals surface area contributed by atoms with E-state index in [2.05, 4.69) is 6.92 Å². The second kappa shape index (κ2) is 1.71. The van der Waals surface area contributed by atoms with Crippen LogP contribution < -0.4 is 0 Å². The minimum Gasteiger partial charge on any atom is -0.333 e. The van der Waals surface area contributed by atoms with Gasteiger partial charge in [0.1, 0.15) is 0 Å². The molecular formula is C2H4NO3. The molecule has 0 heterocycles. The highest BCUT2D eigenvalue weighted by Gasteiger charge is 2.02. The summed E-state index contributed by atoms with van der Waals surface area (Å²) in [5.74, 6) is 0. The summed E-state index contributed by atoms with van der Waals surface area (Å²) < 4.78 is 0. The van der Waals surface area contributed by atoms with E-state index in [1.807, 2.05) is 0 Å². The van der Waals surface area contributed by atoms with Crippen molar-refractivity contribution in [3.63, 3.8) is 0 Å². The molecule has 0 rings (SSSR count). The van der Waals surface area contributed by atoms with Crippen LogP contribution in [0.5, 0.6) is 0 Å². The standard InChI is InChI=1S/C2H4NO3/c1-2(4)3(5)6/h2,4H,1H2. The van der Waals surface area contributed by atoms with E-state index >= 15 is 0 Å². The van der Waals surface area contributed by atoms with E-state index in [4.69, 9.17) is 5.11 Å². The smallest absolute Gasteiger partial charge is 0.313 e. The van der Waals surface area contributed by atoms with Crippen molar-refractivity contribution in [2.24, 2.45) is 0 Å². The van der Waals surface area contributed by atoms with Crippen molar-refractivity contribution in [2.75, 3.05) is 0 Å². The molecule has 0 bridgehead atoms. The summed E-state index contributed by atoms with van der Waals surface area (Å²) in [6, 6.07) is 0. The third-order valence-electron chi connectivity index (χ3n) is 0.243. The van der Waals surface area contributed by atoms with Crippen molar-refractivity contribution >= 4 is 0 Å². The van der Waals surface area contributed by atoms with Crippen molar-refractivity contribution in [3.8, 4) is 0 Å². The molecule has 0 aromatic rings. The molecule has 0 aliphatic rings. The summed E-state index contributed by atoms with van der Waals surface area (Å²) in [6.07, 6.45) is -1.68. The number of aliphatic hydroxyl groups is 1. The number of aliphatic hydroxyl groups excluding tert-OH is 1. The first-order valence-corrected chi connectivity index (χ1v) is 1.29. The summed E-state index contributed by atoms with van der Waals surface area (Å²) in [7, 11) is 0. The molecule has 4 heteroatoms. The molecule has 0 aliphatic heterocycles. The molecule has 0 fully saturated rings. The van der Waals surface area contributed by atoms with Gasteiger partial charge in [0.15, 0.2) is 0 Å². The highest BCUT2D eigenvalue weighted by molar-refractivity contribution is 4.33. The molecule has 1 N–H and O–H groups in total. The SMILES string of the molecule is [CH2]C(O)[N+](=O)[O-]. The summed E-state index contributed by atoms with van der Waals surface area (Å²) in [4.78, 5) is 8.30. The van der Waals surface area contributed by atoms with Gasteiger partial charge >= 0.3 is 6.23 Å². The van der Waals surface area contributed by atoms with Crippen molar-refractivity contribution < 1.29 is 10.0 Å². The molecule has 1 atom stereocenters. The van der Waals surface area contributed by atoms with Crippen LogP contribution in [0.4, 0.5) is 0 Å². The average Bonchev–Trinajstić information content (AvgIpc) is 1.36. The first-order valence-electron chi connectivity index (χ1n) is 1.29. The van der Waals surface area contributed by atoms with Gasteiger partial charge in [-0.25, -0.2) is 0 Å². The maximum Gasteiger partial charge on any atom is 0.313 e. The van der Waals surface area contributed by atoms with Gasteiger partial charge in [-0.15, -0.1) is 0 Å². The quantitative estimate of drug-likeness (QED) is 0.266. The van der Waals surface area contributed by atoms with E-state index in [0.717, 1.165) is 0 Å². The largest absolute Gasteiger partial charge is 0.333 e. The molecule has 0 aliphatic carbocycles. The van der Waals surface area contributed by atoms with Gasteiger partial charge in [0.2, 0.25) is 0 Å². The summed E-state index contributed by atoms with van der Waals surface area (Å²) >= 11 is 0.